The number of carboxylic acids is 1. The topological polar surface area (TPSA) is 220 Å². The smallest absolute Gasteiger partial charge is 0.395 e. The number of carbonyl (C=O) groups is 1. The van der Waals surface area contributed by atoms with Crippen LogP contribution in [0.15, 0.2) is 71.5 Å². The molecule has 0 radical (unpaired) electrons. The molecule has 1 saturated heterocycles. The van der Waals surface area contributed by atoms with Gasteiger partial charge in [-0.05, 0) is 23.9 Å². The number of aliphatic hydroxyl groups is 2. The summed E-state index contributed by atoms with van der Waals surface area (Å²) in [6, 6.07) is 17.2. The third kappa shape index (κ3) is 6.27. The van der Waals surface area contributed by atoms with Crippen LogP contribution in [0.1, 0.15) is 24.8 Å². The number of aliphatic carboxylic acids is 1. The second kappa shape index (κ2) is 13.1. The van der Waals surface area contributed by atoms with Crippen LogP contribution in [0, 0.1) is 3.83 Å². The van der Waals surface area contributed by atoms with E-state index in [0.717, 1.165) is 5.39 Å². The van der Waals surface area contributed by atoms with Crippen LogP contribution in [0.4, 0.5) is 5.95 Å². The van der Waals surface area contributed by atoms with Gasteiger partial charge in [0.2, 0.25) is 23.6 Å². The third-order valence-corrected chi connectivity index (χ3v) is 9.16. The minimum Gasteiger partial charge on any atom is -0.575 e. The predicted octanol–water partition coefficient (Wildman–Crippen LogP) is 3.32. The number of methoxy groups -OCH3 is 1. The summed E-state index contributed by atoms with van der Waals surface area (Å²) >= 11 is 1.94. The first-order valence-electron chi connectivity index (χ1n) is 14.1. The molecule has 244 valence electrons. The monoisotopic (exact) mass is 774 g/mol. The van der Waals surface area contributed by atoms with Crippen LogP contribution >= 0.6 is 30.8 Å². The molecule has 1 fully saturated rings. The van der Waals surface area contributed by atoms with Crippen molar-refractivity contribution in [2.75, 3.05) is 19.5 Å². The fourth-order valence-corrected chi connectivity index (χ4v) is 6.87. The van der Waals surface area contributed by atoms with Crippen molar-refractivity contribution in [3.05, 3.63) is 76.1 Å². The second-order valence-corrected chi connectivity index (χ2v) is 12.6. The summed E-state index contributed by atoms with van der Waals surface area (Å²) in [6.45, 7) is 1.14. The number of rotatable bonds is 10. The number of aromatic nitrogens is 4. The Labute approximate surface area is 281 Å². The third-order valence-electron chi connectivity index (χ3n) is 7.64. The molecule has 3 aromatic carbocycles. The van der Waals surface area contributed by atoms with E-state index in [9.17, 15) is 25.0 Å². The number of anilines is 1. The lowest BCUT2D eigenvalue weighted by atomic mass is 9.96. The van der Waals surface area contributed by atoms with Crippen molar-refractivity contribution in [2.24, 2.45) is 4.74 Å². The largest absolute Gasteiger partial charge is 0.575 e. The number of aliphatic hydroxyl groups excluding tert-OH is 1. The molecule has 15 nitrogen and oxygen atoms in total. The van der Waals surface area contributed by atoms with Gasteiger partial charge in [0.15, 0.2) is 27.0 Å². The van der Waals surface area contributed by atoms with Crippen molar-refractivity contribution in [3.63, 3.8) is 0 Å². The Morgan fingerprint density at radius 3 is 2.62 bits per heavy atom. The number of hydrogen-bond donors (Lipinski definition) is 4. The molecule has 0 amide bonds. The summed E-state index contributed by atoms with van der Waals surface area (Å²) in [6.07, 6.45) is -3.69. The average Bonchev–Trinajstić information content (AvgIpc) is 3.49. The van der Waals surface area contributed by atoms with Crippen molar-refractivity contribution < 1.29 is 43.7 Å². The molecule has 0 saturated carbocycles. The molecule has 47 heavy (non-hydrogen) atoms. The summed E-state index contributed by atoms with van der Waals surface area (Å²) < 4.78 is 29.1. The lowest BCUT2D eigenvalue weighted by molar-refractivity contribution is -0.169. The van der Waals surface area contributed by atoms with Gasteiger partial charge in [0.05, 0.1) is 7.11 Å². The molecule has 3 heterocycles. The molecule has 5 aromatic rings. The van der Waals surface area contributed by atoms with E-state index in [1.54, 1.807) is 54.6 Å². The van der Waals surface area contributed by atoms with Crippen molar-refractivity contribution in [1.29, 1.82) is 0 Å². The molecule has 5 N–H and O–H groups in total. The van der Waals surface area contributed by atoms with Crippen LogP contribution in [0.25, 0.3) is 21.9 Å². The van der Waals surface area contributed by atoms with Gasteiger partial charge < -0.3 is 40.2 Å². The predicted molar refractivity (Wildman–Crippen MR) is 176 cm³/mol. The van der Waals surface area contributed by atoms with Gasteiger partial charge >= 0.3 is 14.1 Å². The van der Waals surface area contributed by atoms with Gasteiger partial charge in [-0.15, -0.1) is 0 Å². The fourth-order valence-electron chi connectivity index (χ4n) is 5.33. The maximum atomic E-state index is 13.2. The molecule has 1 aliphatic heterocycles. The molecule has 0 aliphatic carbocycles. The molecule has 6 atom stereocenters. The Balaban J connectivity index is 1.29. The molecule has 0 bridgehead atoms. The standard InChI is InChI=1S/C30H28IN6O9P/c1-30(41)23(38)19(45-27(30)37-24-21(33-28(37)31)25(43-2)35-29(32)34-24)14-44-18-13-12-15-8-6-7-11-17(15)22(18)46-47(42)36-20(26(39)40)16-9-4-3-5-10-16/h3-13,19-20,23,27,38,41H,14H2,1-2H3,(H,39,40)(H2,32,34,35)/t19-,20?,23-,27-,30-/m1/s1. The van der Waals surface area contributed by atoms with E-state index in [1.807, 2.05) is 34.7 Å². The zero-order valence-corrected chi connectivity index (χ0v) is 27.8. The van der Waals surface area contributed by atoms with Crippen LogP contribution in [0.3, 0.4) is 0 Å². The number of imidazole rings is 1. The van der Waals surface area contributed by atoms with Crippen molar-refractivity contribution in [1.82, 2.24) is 19.5 Å². The van der Waals surface area contributed by atoms with Crippen LogP contribution in [0.2, 0.25) is 0 Å². The van der Waals surface area contributed by atoms with Gasteiger partial charge in [0.1, 0.15) is 24.4 Å². The highest BCUT2D eigenvalue weighted by atomic mass is 127. The number of carboxylic acid groups (broad SMARTS) is 1. The number of nitrogens with two attached hydrogens (primary N) is 1. The highest BCUT2D eigenvalue weighted by molar-refractivity contribution is 14.1. The maximum Gasteiger partial charge on any atom is 0.395 e. The van der Waals surface area contributed by atoms with Crippen LogP contribution in [-0.4, -0.2) is 72.3 Å². The molecular formula is C30H28IN6O9P. The molecule has 0 spiro atoms. The first kappa shape index (κ1) is 32.7. The van der Waals surface area contributed by atoms with Crippen LogP contribution < -0.4 is 24.6 Å². The summed E-state index contributed by atoms with van der Waals surface area (Å²) in [5.41, 5.74) is 4.89. The lowest BCUT2D eigenvalue weighted by Crippen LogP contribution is -2.45. The first-order valence-corrected chi connectivity index (χ1v) is 16.3. The summed E-state index contributed by atoms with van der Waals surface area (Å²) in [7, 11) is -1.48. The Morgan fingerprint density at radius 2 is 1.89 bits per heavy atom. The van der Waals surface area contributed by atoms with Crippen molar-refractivity contribution >= 4 is 64.6 Å². The Bertz CT molecular complexity index is 1990. The number of halogens is 1. The van der Waals surface area contributed by atoms with Gasteiger partial charge in [-0.25, -0.2) is 9.78 Å². The van der Waals surface area contributed by atoms with Crippen molar-refractivity contribution in [2.45, 2.75) is 37.0 Å². The summed E-state index contributed by atoms with van der Waals surface area (Å²) in [5.74, 6) is -1.07. The highest BCUT2D eigenvalue weighted by Crippen LogP contribution is 2.44. The van der Waals surface area contributed by atoms with E-state index < -0.39 is 44.2 Å². The van der Waals surface area contributed by atoms with E-state index in [0.29, 0.717) is 14.8 Å². The van der Waals surface area contributed by atoms with E-state index in [2.05, 4.69) is 19.7 Å². The van der Waals surface area contributed by atoms with Crippen molar-refractivity contribution in [3.8, 4) is 17.4 Å². The highest BCUT2D eigenvalue weighted by Gasteiger charge is 2.54. The molecular weight excluding hydrogens is 746 g/mol. The van der Waals surface area contributed by atoms with Gasteiger partial charge in [0, 0.05) is 28.0 Å². The summed E-state index contributed by atoms with van der Waals surface area (Å²) in [5, 5.41) is 33.7. The number of ether oxygens (including phenoxy) is 3. The normalized spacial score (nSPS) is 22.0. The number of benzene rings is 3. The number of nitrogens with zero attached hydrogens (tertiary/aromatic N) is 5. The first-order chi connectivity index (χ1) is 22.5. The molecule has 6 rings (SSSR count). The Kier molecular flexibility index (Phi) is 9.15. The Hall–Kier alpha value is -4.19. The molecule has 2 aromatic heterocycles. The van der Waals surface area contributed by atoms with E-state index in [4.69, 9.17) is 24.5 Å². The van der Waals surface area contributed by atoms with Gasteiger partial charge in [-0.2, -0.15) is 9.97 Å². The quantitative estimate of drug-likeness (QED) is 0.0911. The van der Waals surface area contributed by atoms with Crippen LogP contribution in [0.5, 0.6) is 17.4 Å². The van der Waals surface area contributed by atoms with Gasteiger partial charge in [-0.1, -0.05) is 65.4 Å². The van der Waals surface area contributed by atoms with Gasteiger partial charge in [-0.3, -0.25) is 9.09 Å². The zero-order chi connectivity index (χ0) is 33.5. The zero-order valence-electron chi connectivity index (χ0n) is 24.8. The minimum atomic E-state index is -2.90. The number of hydrogen-bond acceptors (Lipinski definition) is 13. The SMILES string of the molecule is COc1nc(N)nc2c1nc(I)n2[C@@H]1O[C@H](COc2ccc3ccccc3c2O/[P+]([O-])=N/C(C(=O)O)c2ccccc2)[C@@H](O)[C@@]1(C)O. The van der Waals surface area contributed by atoms with E-state index >= 15 is 0 Å². The van der Waals surface area contributed by atoms with Gasteiger partial charge in [0.25, 0.3) is 0 Å². The second-order valence-electron chi connectivity index (χ2n) is 10.7. The Morgan fingerprint density at radius 1 is 1.17 bits per heavy atom. The maximum absolute atomic E-state index is 13.2. The van der Waals surface area contributed by atoms with E-state index in [-0.39, 0.29) is 41.1 Å². The lowest BCUT2D eigenvalue weighted by Gasteiger charge is -2.27. The molecule has 2 unspecified atom stereocenters. The number of nitrogen functional groups attached to an aromatic ring is 1. The summed E-state index contributed by atoms with van der Waals surface area (Å²) in [4.78, 5) is 37.9. The fraction of sp³-hybridized carbons (Fsp3) is 0.267. The molecule has 1 aliphatic rings. The average molecular weight is 774 g/mol. The molecule has 17 heteroatoms. The van der Waals surface area contributed by atoms with Crippen LogP contribution in [-0.2, 0) is 9.53 Å². The number of fused-ring (bicyclic) bond motifs is 2. The minimum absolute atomic E-state index is 0.0513. The van der Waals surface area contributed by atoms with E-state index in [1.165, 1.54) is 18.6 Å².